The van der Waals surface area contributed by atoms with Crippen LogP contribution in [0.1, 0.15) is 47.2 Å². The number of amides is 3. The number of piperazine rings is 1. The molecule has 0 saturated carbocycles. The molecule has 3 amide bonds. The molecule has 2 N–H and O–H groups in total. The number of carbonyl (C=O) groups excluding carboxylic acids is 3. The molecule has 0 aromatic carbocycles. The summed E-state index contributed by atoms with van der Waals surface area (Å²) in [5.41, 5.74) is 0.731. The van der Waals surface area contributed by atoms with Gasteiger partial charge in [-0.15, -0.1) is 0 Å². The zero-order valence-corrected chi connectivity index (χ0v) is 20.2. The lowest BCUT2D eigenvalue weighted by atomic mass is 10.0. The van der Waals surface area contributed by atoms with Gasteiger partial charge in [0.05, 0.1) is 23.8 Å². The van der Waals surface area contributed by atoms with Crippen molar-refractivity contribution in [2.45, 2.75) is 33.3 Å². The molecule has 35 heavy (non-hydrogen) atoms. The Morgan fingerprint density at radius 1 is 1.23 bits per heavy atom. The van der Waals surface area contributed by atoms with Crippen molar-refractivity contribution in [2.24, 2.45) is 0 Å². The van der Waals surface area contributed by atoms with Crippen LogP contribution in [0, 0.1) is 0 Å². The van der Waals surface area contributed by atoms with Gasteiger partial charge in [0, 0.05) is 52.6 Å². The van der Waals surface area contributed by atoms with E-state index in [-0.39, 0.29) is 35.4 Å². The number of nitrogens with zero attached hydrogens (tertiary/aromatic N) is 4. The Morgan fingerprint density at radius 2 is 1.97 bits per heavy atom. The third-order valence-corrected chi connectivity index (χ3v) is 6.13. The summed E-state index contributed by atoms with van der Waals surface area (Å²) in [4.78, 5) is 47.7. The van der Waals surface area contributed by atoms with E-state index >= 15 is 0 Å². The molecule has 4 heterocycles. The molecule has 4 rings (SSSR count). The van der Waals surface area contributed by atoms with Crippen LogP contribution in [0.5, 0.6) is 5.88 Å². The first-order valence-electron chi connectivity index (χ1n) is 11.8. The number of carbonyl (C=O) groups is 3. The summed E-state index contributed by atoms with van der Waals surface area (Å²) in [5, 5.41) is 12.5. The van der Waals surface area contributed by atoms with Crippen LogP contribution in [0.15, 0.2) is 22.8 Å². The van der Waals surface area contributed by atoms with Crippen LogP contribution in [0.3, 0.4) is 0 Å². The smallest absolute Gasteiger partial charge is 0.259 e. The lowest BCUT2D eigenvalue weighted by molar-refractivity contribution is -0.129. The van der Waals surface area contributed by atoms with Gasteiger partial charge in [0.25, 0.3) is 11.8 Å². The van der Waals surface area contributed by atoms with Crippen molar-refractivity contribution in [2.75, 3.05) is 56.1 Å². The standard InChI is InChI=1S/C24H31N5O6/c1-4-34-23-18(5-6-20(26-23)28-11-9-27(10-12-28)16(3)31)25-22(32)17-14-35-19-7-8-29(13-15(2)30)24(33)21(17)19/h5-6,14-15,30H,4,7-13H2,1-3H3,(H,25,32)/t15-/m1/s1. The quantitative estimate of drug-likeness (QED) is 0.602. The Labute approximate surface area is 203 Å². The molecular weight excluding hydrogens is 454 g/mol. The Bertz CT molecular complexity index is 1110. The van der Waals surface area contributed by atoms with Crippen molar-refractivity contribution >= 4 is 29.2 Å². The first-order chi connectivity index (χ1) is 16.8. The van der Waals surface area contributed by atoms with Crippen molar-refractivity contribution in [1.82, 2.24) is 14.8 Å². The molecule has 2 aromatic rings. The van der Waals surface area contributed by atoms with Crippen LogP contribution in [-0.2, 0) is 11.2 Å². The van der Waals surface area contributed by atoms with Gasteiger partial charge in [0.15, 0.2) is 0 Å². The lowest BCUT2D eigenvalue weighted by Gasteiger charge is -2.35. The van der Waals surface area contributed by atoms with Gasteiger partial charge in [-0.25, -0.2) is 0 Å². The van der Waals surface area contributed by atoms with E-state index in [1.807, 2.05) is 6.92 Å². The van der Waals surface area contributed by atoms with Crippen LogP contribution in [0.2, 0.25) is 0 Å². The SMILES string of the molecule is CCOc1nc(N2CCN(C(C)=O)CC2)ccc1NC(=O)c1coc2c1C(=O)N(C[C@@H](C)O)CC2. The summed E-state index contributed by atoms with van der Waals surface area (Å²) in [6.07, 6.45) is 1.09. The van der Waals surface area contributed by atoms with E-state index in [2.05, 4.69) is 15.2 Å². The summed E-state index contributed by atoms with van der Waals surface area (Å²) < 4.78 is 11.2. The van der Waals surface area contributed by atoms with Crippen molar-refractivity contribution in [3.8, 4) is 5.88 Å². The molecule has 0 bridgehead atoms. The van der Waals surface area contributed by atoms with E-state index in [1.165, 1.54) is 11.2 Å². The first-order valence-corrected chi connectivity index (χ1v) is 11.8. The zero-order chi connectivity index (χ0) is 25.1. The average Bonchev–Trinajstić information content (AvgIpc) is 3.27. The molecule has 2 aliphatic heterocycles. The fourth-order valence-corrected chi connectivity index (χ4v) is 4.36. The van der Waals surface area contributed by atoms with Gasteiger partial charge in [0.2, 0.25) is 11.8 Å². The van der Waals surface area contributed by atoms with Crippen LogP contribution >= 0.6 is 0 Å². The van der Waals surface area contributed by atoms with Gasteiger partial charge in [-0.05, 0) is 26.0 Å². The highest BCUT2D eigenvalue weighted by Crippen LogP contribution is 2.29. The third-order valence-electron chi connectivity index (χ3n) is 6.13. The van der Waals surface area contributed by atoms with E-state index in [1.54, 1.807) is 30.9 Å². The number of aliphatic hydroxyl groups is 1. The minimum atomic E-state index is -0.673. The molecule has 1 fully saturated rings. The third kappa shape index (κ3) is 5.24. The second kappa shape index (κ2) is 10.3. The Kier molecular flexibility index (Phi) is 7.25. The van der Waals surface area contributed by atoms with Gasteiger partial charge in [-0.2, -0.15) is 4.98 Å². The summed E-state index contributed by atoms with van der Waals surface area (Å²) >= 11 is 0. The van der Waals surface area contributed by atoms with Crippen molar-refractivity contribution in [3.05, 3.63) is 35.3 Å². The molecule has 1 atom stereocenters. The van der Waals surface area contributed by atoms with Crippen molar-refractivity contribution in [3.63, 3.8) is 0 Å². The van der Waals surface area contributed by atoms with E-state index in [4.69, 9.17) is 9.15 Å². The number of β-amino-alcohol motifs (C(OH)–C–C–N with tert-alkyl or cyclic N) is 1. The Morgan fingerprint density at radius 3 is 2.63 bits per heavy atom. The number of hydrogen-bond donors (Lipinski definition) is 2. The average molecular weight is 486 g/mol. The van der Waals surface area contributed by atoms with Gasteiger partial charge in [-0.3, -0.25) is 14.4 Å². The molecular formula is C24H31N5O6. The maximum atomic E-state index is 13.1. The normalized spacial score (nSPS) is 16.7. The van der Waals surface area contributed by atoms with E-state index < -0.39 is 12.0 Å². The highest BCUT2D eigenvalue weighted by molar-refractivity contribution is 6.13. The Balaban J connectivity index is 1.52. The second-order valence-electron chi connectivity index (χ2n) is 8.70. The van der Waals surface area contributed by atoms with E-state index in [9.17, 15) is 19.5 Å². The van der Waals surface area contributed by atoms with Gasteiger partial charge >= 0.3 is 0 Å². The molecule has 1 saturated heterocycles. The fraction of sp³-hybridized carbons (Fsp3) is 0.500. The second-order valence-corrected chi connectivity index (χ2v) is 8.70. The van der Waals surface area contributed by atoms with Crippen molar-refractivity contribution in [1.29, 1.82) is 0 Å². The minimum absolute atomic E-state index is 0.0552. The summed E-state index contributed by atoms with van der Waals surface area (Å²) in [6.45, 7) is 8.49. The monoisotopic (exact) mass is 485 g/mol. The molecule has 11 nitrogen and oxygen atoms in total. The van der Waals surface area contributed by atoms with E-state index in [0.29, 0.717) is 63.0 Å². The highest BCUT2D eigenvalue weighted by Gasteiger charge is 2.33. The molecule has 2 aromatic heterocycles. The molecule has 0 spiro atoms. The number of furan rings is 1. The number of ether oxygens (including phenoxy) is 1. The zero-order valence-electron chi connectivity index (χ0n) is 20.2. The van der Waals surface area contributed by atoms with Crippen LogP contribution < -0.4 is 15.0 Å². The van der Waals surface area contributed by atoms with Gasteiger partial charge in [-0.1, -0.05) is 0 Å². The van der Waals surface area contributed by atoms with Crippen molar-refractivity contribution < 1.29 is 28.6 Å². The fourth-order valence-electron chi connectivity index (χ4n) is 4.36. The number of nitrogens with one attached hydrogen (secondary N) is 1. The number of fused-ring (bicyclic) bond motifs is 1. The van der Waals surface area contributed by atoms with Crippen LogP contribution in [0.25, 0.3) is 0 Å². The maximum Gasteiger partial charge on any atom is 0.259 e. The molecule has 188 valence electrons. The number of anilines is 2. The summed E-state index contributed by atoms with van der Waals surface area (Å²) in [7, 11) is 0. The topological polar surface area (TPSA) is 128 Å². The van der Waals surface area contributed by atoms with Gasteiger partial charge in [0.1, 0.15) is 23.5 Å². The molecule has 11 heteroatoms. The number of aromatic nitrogens is 1. The summed E-state index contributed by atoms with van der Waals surface area (Å²) in [5.74, 6) is 0.637. The highest BCUT2D eigenvalue weighted by atomic mass is 16.5. The van der Waals surface area contributed by atoms with E-state index in [0.717, 1.165) is 0 Å². The number of rotatable bonds is 7. The van der Waals surface area contributed by atoms with Crippen LogP contribution in [0.4, 0.5) is 11.5 Å². The molecule has 2 aliphatic rings. The number of pyridine rings is 1. The maximum absolute atomic E-state index is 13.1. The molecule has 0 aliphatic carbocycles. The predicted octanol–water partition coefficient (Wildman–Crippen LogP) is 1.37. The predicted molar refractivity (Wildman–Crippen MR) is 128 cm³/mol. The number of hydrogen-bond acceptors (Lipinski definition) is 8. The summed E-state index contributed by atoms with van der Waals surface area (Å²) in [6, 6.07) is 3.51. The molecule has 0 radical (unpaired) electrons. The van der Waals surface area contributed by atoms with Gasteiger partial charge < -0.3 is 34.3 Å². The largest absolute Gasteiger partial charge is 0.476 e. The molecule has 0 unspecified atom stereocenters. The first kappa shape index (κ1) is 24.5. The Hall–Kier alpha value is -3.60. The lowest BCUT2D eigenvalue weighted by Crippen LogP contribution is -2.48. The minimum Gasteiger partial charge on any atom is -0.476 e. The number of aliphatic hydroxyl groups excluding tert-OH is 1. The van der Waals surface area contributed by atoms with Crippen LogP contribution in [-0.4, -0.2) is 89.6 Å².